The van der Waals surface area contributed by atoms with Gasteiger partial charge in [0.05, 0.1) is 24.1 Å². The third kappa shape index (κ3) is 7.24. The van der Waals surface area contributed by atoms with Crippen molar-refractivity contribution in [2.24, 2.45) is 11.8 Å². The molecule has 3 aliphatic heterocycles. The number of alkyl carbamates (subject to hydrolysis) is 1. The molecule has 230 valence electrons. The fourth-order valence-electron chi connectivity index (χ4n) is 7.17. The molecule has 3 heterocycles. The number of amides is 2. The maximum atomic E-state index is 13.9. The third-order valence-electron chi connectivity index (χ3n) is 9.54. The SMILES string of the molecule is CC(CC(C)(C)N1CCC(F)(F)C1)C(C#N)C(=O)N1C2CCC1(COC(=O)N[C@@H](CCc1ccccc1)B(O)O)CC2. The molecule has 0 saturated carbocycles. The van der Waals surface area contributed by atoms with Gasteiger partial charge in [0.1, 0.15) is 12.5 Å². The smallest absolute Gasteiger partial charge is 0.447 e. The molecule has 0 aromatic heterocycles. The van der Waals surface area contributed by atoms with Crippen molar-refractivity contribution in [3.63, 3.8) is 0 Å². The highest BCUT2D eigenvalue weighted by Crippen LogP contribution is 2.48. The van der Waals surface area contributed by atoms with E-state index in [0.29, 0.717) is 32.1 Å². The molecule has 12 heteroatoms. The van der Waals surface area contributed by atoms with Crippen LogP contribution >= 0.6 is 0 Å². The highest BCUT2D eigenvalue weighted by Gasteiger charge is 2.56. The molecule has 4 rings (SSSR count). The minimum atomic E-state index is -2.73. The molecule has 3 fully saturated rings. The number of nitrogens with one attached hydrogen (secondary N) is 1. The number of benzene rings is 1. The van der Waals surface area contributed by atoms with Crippen LogP contribution < -0.4 is 5.32 Å². The highest BCUT2D eigenvalue weighted by molar-refractivity contribution is 6.43. The Morgan fingerprint density at radius 3 is 2.45 bits per heavy atom. The van der Waals surface area contributed by atoms with E-state index in [9.17, 15) is 33.7 Å². The second-order valence-corrected chi connectivity index (χ2v) is 13.1. The highest BCUT2D eigenvalue weighted by atomic mass is 19.3. The van der Waals surface area contributed by atoms with E-state index in [1.807, 2.05) is 51.1 Å². The van der Waals surface area contributed by atoms with Gasteiger partial charge in [-0.15, -0.1) is 0 Å². The van der Waals surface area contributed by atoms with Crippen molar-refractivity contribution in [3.8, 4) is 6.07 Å². The molecule has 0 aliphatic carbocycles. The van der Waals surface area contributed by atoms with E-state index in [4.69, 9.17) is 4.74 Å². The Labute approximate surface area is 247 Å². The number of hydrogen-bond donors (Lipinski definition) is 3. The summed E-state index contributed by atoms with van der Waals surface area (Å²) in [5.74, 6) is -5.29. The lowest BCUT2D eigenvalue weighted by Gasteiger charge is -2.40. The minimum absolute atomic E-state index is 0.0459. The van der Waals surface area contributed by atoms with Crippen molar-refractivity contribution in [1.29, 1.82) is 5.26 Å². The van der Waals surface area contributed by atoms with Crippen LogP contribution in [0.5, 0.6) is 0 Å². The molecule has 0 radical (unpaired) electrons. The van der Waals surface area contributed by atoms with Crippen LogP contribution in [-0.4, -0.2) is 87.6 Å². The minimum Gasteiger partial charge on any atom is -0.447 e. The molecule has 2 unspecified atom stereocenters. The average Bonchev–Trinajstić information content (AvgIpc) is 3.61. The molecule has 1 aromatic carbocycles. The summed E-state index contributed by atoms with van der Waals surface area (Å²) in [4.78, 5) is 30.1. The topological polar surface area (TPSA) is 126 Å². The molecule has 1 aromatic rings. The molecule has 0 spiro atoms. The standard InChI is InChI=1S/C30H43BF2N4O5/c1-21(17-28(2,3)36-16-15-30(32,33)19-36)24(18-34)26(38)37-23-11-13-29(37,14-12-23)20-42-27(39)35-25(31(40)41)10-9-22-7-5-4-6-8-22/h4-8,21,23-25,40-41H,9-17,19-20H2,1-3H3,(H,35,39)/t21?,23?,24?,25-,29?/m0/s1. The van der Waals surface area contributed by atoms with Crippen LogP contribution in [0.2, 0.25) is 0 Å². The predicted octanol–water partition coefficient (Wildman–Crippen LogP) is 3.54. The lowest BCUT2D eigenvalue weighted by molar-refractivity contribution is -0.141. The van der Waals surface area contributed by atoms with Gasteiger partial charge in [0.25, 0.3) is 5.92 Å². The summed E-state index contributed by atoms with van der Waals surface area (Å²) < 4.78 is 33.3. The number of fused-ring (bicyclic) bond motifs is 2. The summed E-state index contributed by atoms with van der Waals surface area (Å²) in [6.07, 6.45) is 3.00. The summed E-state index contributed by atoms with van der Waals surface area (Å²) in [5, 5.41) is 32.3. The third-order valence-corrected chi connectivity index (χ3v) is 9.54. The van der Waals surface area contributed by atoms with Gasteiger partial charge >= 0.3 is 13.2 Å². The monoisotopic (exact) mass is 588 g/mol. The number of rotatable bonds is 12. The van der Waals surface area contributed by atoms with Gasteiger partial charge in [0.15, 0.2) is 0 Å². The zero-order valence-electron chi connectivity index (χ0n) is 24.8. The van der Waals surface area contributed by atoms with Crippen LogP contribution in [0.15, 0.2) is 30.3 Å². The summed E-state index contributed by atoms with van der Waals surface area (Å²) >= 11 is 0. The quantitative estimate of drug-likeness (QED) is 0.319. The number of alkyl halides is 2. The van der Waals surface area contributed by atoms with E-state index < -0.39 is 42.1 Å². The second kappa shape index (κ2) is 12.9. The molecular formula is C30H43BF2N4O5. The van der Waals surface area contributed by atoms with Gasteiger partial charge in [-0.25, -0.2) is 13.6 Å². The Kier molecular flexibility index (Phi) is 9.85. The van der Waals surface area contributed by atoms with Crippen molar-refractivity contribution in [2.75, 3.05) is 19.7 Å². The summed E-state index contributed by atoms with van der Waals surface area (Å²) in [7, 11) is -1.77. The number of carbonyl (C=O) groups excluding carboxylic acids is 2. The zero-order valence-corrected chi connectivity index (χ0v) is 24.8. The first-order valence-electron chi connectivity index (χ1n) is 15.0. The summed E-state index contributed by atoms with van der Waals surface area (Å²) in [6.45, 7) is 5.48. The van der Waals surface area contributed by atoms with Crippen molar-refractivity contribution in [3.05, 3.63) is 35.9 Å². The number of likely N-dealkylation sites (tertiary alicyclic amines) is 1. The first-order chi connectivity index (χ1) is 19.8. The second-order valence-electron chi connectivity index (χ2n) is 13.1. The number of ether oxygens (including phenoxy) is 1. The van der Waals surface area contributed by atoms with Gasteiger partial charge in [0, 0.05) is 24.5 Å². The number of halogens is 2. The van der Waals surface area contributed by atoms with Crippen molar-refractivity contribution < 1.29 is 33.2 Å². The normalized spacial score (nSPS) is 25.5. The van der Waals surface area contributed by atoms with Gasteiger partial charge in [-0.05, 0) is 70.3 Å². The molecule has 3 aliphatic rings. The molecule has 3 atom stereocenters. The van der Waals surface area contributed by atoms with Crippen LogP contribution in [0, 0.1) is 23.2 Å². The number of carbonyl (C=O) groups is 2. The van der Waals surface area contributed by atoms with Crippen molar-refractivity contribution in [2.45, 2.75) is 101 Å². The van der Waals surface area contributed by atoms with Crippen LogP contribution in [0.3, 0.4) is 0 Å². The Balaban J connectivity index is 1.36. The van der Waals surface area contributed by atoms with E-state index in [-0.39, 0.29) is 44.0 Å². The number of aryl methyl sites for hydroxylation is 1. The maximum Gasteiger partial charge on any atom is 0.475 e. The maximum absolute atomic E-state index is 13.9. The van der Waals surface area contributed by atoms with E-state index >= 15 is 0 Å². The molecule has 42 heavy (non-hydrogen) atoms. The molecule has 2 amide bonds. The first kappa shape index (κ1) is 32.2. The molecular weight excluding hydrogens is 545 g/mol. The van der Waals surface area contributed by atoms with Gasteiger partial charge in [-0.3, -0.25) is 9.69 Å². The van der Waals surface area contributed by atoms with E-state index in [1.165, 1.54) is 0 Å². The largest absolute Gasteiger partial charge is 0.475 e. The van der Waals surface area contributed by atoms with Gasteiger partial charge in [-0.1, -0.05) is 37.3 Å². The average molecular weight is 589 g/mol. The Morgan fingerprint density at radius 1 is 1.21 bits per heavy atom. The van der Waals surface area contributed by atoms with Crippen LogP contribution in [0.1, 0.15) is 71.3 Å². The molecule has 2 bridgehead atoms. The Hall–Kier alpha value is -2.75. The predicted molar refractivity (Wildman–Crippen MR) is 153 cm³/mol. The number of nitriles is 1. The summed E-state index contributed by atoms with van der Waals surface area (Å²) in [5.41, 5.74) is -0.332. The zero-order chi connectivity index (χ0) is 30.7. The fourth-order valence-corrected chi connectivity index (χ4v) is 7.17. The first-order valence-corrected chi connectivity index (χ1v) is 15.0. The molecule has 9 nitrogen and oxygen atoms in total. The lowest BCUT2D eigenvalue weighted by atomic mass is 9.76. The van der Waals surface area contributed by atoms with Crippen LogP contribution in [-0.2, 0) is 16.0 Å². The molecule has 3 N–H and O–H groups in total. The van der Waals surface area contributed by atoms with E-state index in [2.05, 4.69) is 11.4 Å². The fraction of sp³-hybridized carbons (Fsp3) is 0.700. The van der Waals surface area contributed by atoms with Crippen molar-refractivity contribution in [1.82, 2.24) is 15.1 Å². The summed E-state index contributed by atoms with van der Waals surface area (Å²) in [6, 6.07) is 11.6. The van der Waals surface area contributed by atoms with Gasteiger partial charge in [-0.2, -0.15) is 5.26 Å². The van der Waals surface area contributed by atoms with Gasteiger partial charge in [0.2, 0.25) is 5.91 Å². The van der Waals surface area contributed by atoms with Crippen LogP contribution in [0.4, 0.5) is 13.6 Å². The Morgan fingerprint density at radius 2 is 1.88 bits per heavy atom. The number of hydrogen-bond acceptors (Lipinski definition) is 7. The van der Waals surface area contributed by atoms with Gasteiger partial charge < -0.3 is 25.0 Å². The van der Waals surface area contributed by atoms with Crippen molar-refractivity contribution >= 4 is 19.1 Å². The van der Waals surface area contributed by atoms with Crippen LogP contribution in [0.25, 0.3) is 0 Å². The molecule has 3 saturated heterocycles. The van der Waals surface area contributed by atoms with E-state index in [0.717, 1.165) is 18.4 Å². The lowest BCUT2D eigenvalue weighted by Crippen LogP contribution is -2.53. The number of nitrogens with zero attached hydrogens (tertiary/aromatic N) is 3. The Bertz CT molecular complexity index is 1140. The van der Waals surface area contributed by atoms with E-state index in [1.54, 1.807) is 9.80 Å².